The third-order valence-corrected chi connectivity index (χ3v) is 7.01. The number of carbonyl (C=O) groups is 1. The van der Waals surface area contributed by atoms with Gasteiger partial charge in [0.1, 0.15) is 29.4 Å². The average molecular weight is 492 g/mol. The standard InChI is InChI=1S/C23H23F3N4O5/c24-23(25,26)18-17-15(35-20(18)21(31)28-9-16-27-4-5-34-16)8-22(2-1-3-22)14-11-30(29-19(14)17)10-13-12-32-6-7-33-13/h4-5,11,13H,1-3,6-10,12H2,(H,28,31). The Balaban J connectivity index is 1.40. The van der Waals surface area contributed by atoms with Gasteiger partial charge in [-0.25, -0.2) is 4.98 Å². The summed E-state index contributed by atoms with van der Waals surface area (Å²) in [6, 6.07) is 0. The summed E-state index contributed by atoms with van der Waals surface area (Å²) >= 11 is 0. The van der Waals surface area contributed by atoms with Gasteiger partial charge in [0.25, 0.3) is 5.91 Å². The zero-order chi connectivity index (χ0) is 24.2. The van der Waals surface area contributed by atoms with E-state index >= 15 is 0 Å². The summed E-state index contributed by atoms with van der Waals surface area (Å²) in [5.74, 6) is -1.43. The molecule has 1 saturated heterocycles. The Bertz CT molecular complexity index is 1240. The molecule has 9 nitrogen and oxygen atoms in total. The molecule has 1 aliphatic heterocycles. The smallest absolute Gasteiger partial charge is 0.420 e. The van der Waals surface area contributed by atoms with Crippen molar-refractivity contribution in [2.75, 3.05) is 19.8 Å². The molecular formula is C23H23F3N4O5. The summed E-state index contributed by atoms with van der Waals surface area (Å²) < 4.78 is 66.6. The maximum atomic E-state index is 14.4. The van der Waals surface area contributed by atoms with Crippen LogP contribution < -0.4 is 5.32 Å². The van der Waals surface area contributed by atoms with Crippen LogP contribution in [0.2, 0.25) is 0 Å². The predicted molar refractivity (Wildman–Crippen MR) is 112 cm³/mol. The summed E-state index contributed by atoms with van der Waals surface area (Å²) in [7, 11) is 0. The molecule has 186 valence electrons. The molecule has 2 fully saturated rings. The number of hydrogen-bond acceptors (Lipinski definition) is 7. The van der Waals surface area contributed by atoms with Crippen molar-refractivity contribution in [1.82, 2.24) is 20.1 Å². The Morgan fingerprint density at radius 2 is 2.14 bits per heavy atom. The topological polar surface area (TPSA) is 105 Å². The summed E-state index contributed by atoms with van der Waals surface area (Å²) in [6.45, 7) is 1.58. The molecule has 35 heavy (non-hydrogen) atoms. The summed E-state index contributed by atoms with van der Waals surface area (Å²) in [4.78, 5) is 16.7. The number of amides is 1. The quantitative estimate of drug-likeness (QED) is 0.582. The first-order valence-electron chi connectivity index (χ1n) is 11.5. The zero-order valence-corrected chi connectivity index (χ0v) is 18.7. The van der Waals surface area contributed by atoms with Gasteiger partial charge in [0.05, 0.1) is 44.7 Å². The number of fused-ring (bicyclic) bond motifs is 4. The lowest BCUT2D eigenvalue weighted by molar-refractivity contribution is -0.137. The van der Waals surface area contributed by atoms with Crippen LogP contribution in [-0.2, 0) is 40.6 Å². The van der Waals surface area contributed by atoms with E-state index in [2.05, 4.69) is 15.4 Å². The lowest BCUT2D eigenvalue weighted by atomic mass is 9.59. The van der Waals surface area contributed by atoms with Gasteiger partial charge in [0.15, 0.2) is 0 Å². The van der Waals surface area contributed by atoms with Crippen molar-refractivity contribution in [3.8, 4) is 11.3 Å². The molecule has 12 heteroatoms. The van der Waals surface area contributed by atoms with Gasteiger partial charge in [-0.2, -0.15) is 18.3 Å². The second kappa shape index (κ2) is 8.23. The Hall–Kier alpha value is -3.12. The number of hydrogen-bond donors (Lipinski definition) is 1. The van der Waals surface area contributed by atoms with Gasteiger partial charge in [-0.3, -0.25) is 9.48 Å². The number of furan rings is 1. The lowest BCUT2D eigenvalue weighted by Gasteiger charge is -2.43. The average Bonchev–Trinajstić information content (AvgIpc) is 3.53. The number of oxazole rings is 1. The monoisotopic (exact) mass is 492 g/mol. The Morgan fingerprint density at radius 3 is 2.80 bits per heavy atom. The highest BCUT2D eigenvalue weighted by Gasteiger charge is 2.52. The first kappa shape index (κ1) is 22.4. The molecule has 1 atom stereocenters. The normalized spacial score (nSPS) is 20.8. The summed E-state index contributed by atoms with van der Waals surface area (Å²) in [5, 5.41) is 6.97. The van der Waals surface area contributed by atoms with Gasteiger partial charge in [-0.05, 0) is 12.8 Å². The van der Waals surface area contributed by atoms with Crippen LogP contribution >= 0.6 is 0 Å². The van der Waals surface area contributed by atoms with Crippen LogP contribution in [0.15, 0.2) is 27.5 Å². The lowest BCUT2D eigenvalue weighted by Crippen LogP contribution is -2.38. The molecule has 2 aliphatic carbocycles. The Kier molecular flexibility index (Phi) is 5.26. The van der Waals surface area contributed by atoms with Crippen molar-refractivity contribution < 1.29 is 36.3 Å². The van der Waals surface area contributed by atoms with E-state index in [-0.39, 0.29) is 41.0 Å². The number of ether oxygens (including phenoxy) is 2. The van der Waals surface area contributed by atoms with Crippen molar-refractivity contribution in [2.24, 2.45) is 0 Å². The fraction of sp³-hybridized carbons (Fsp3) is 0.522. The third-order valence-electron chi connectivity index (χ3n) is 7.01. The van der Waals surface area contributed by atoms with Gasteiger partial charge < -0.3 is 23.6 Å². The molecule has 3 aliphatic rings. The van der Waals surface area contributed by atoms with Crippen molar-refractivity contribution in [2.45, 2.75) is 56.5 Å². The van der Waals surface area contributed by atoms with Crippen molar-refractivity contribution >= 4 is 5.91 Å². The van der Waals surface area contributed by atoms with Crippen LogP contribution in [0.4, 0.5) is 13.2 Å². The van der Waals surface area contributed by atoms with E-state index in [1.807, 2.05) is 6.20 Å². The molecule has 3 aromatic rings. The van der Waals surface area contributed by atoms with E-state index in [1.54, 1.807) is 4.68 Å². The summed E-state index contributed by atoms with van der Waals surface area (Å²) in [6.07, 6.45) is 2.37. The Labute approximate surface area is 197 Å². The zero-order valence-electron chi connectivity index (χ0n) is 18.7. The first-order chi connectivity index (χ1) is 16.8. The van der Waals surface area contributed by atoms with Crippen molar-refractivity contribution in [3.05, 3.63) is 47.2 Å². The molecule has 0 bridgehead atoms. The highest BCUT2D eigenvalue weighted by molar-refractivity contribution is 5.96. The largest absolute Gasteiger partial charge is 0.454 e. The van der Waals surface area contributed by atoms with Crippen LogP contribution in [0, 0.1) is 0 Å². The van der Waals surface area contributed by atoms with Gasteiger partial charge in [0, 0.05) is 23.6 Å². The van der Waals surface area contributed by atoms with Crippen molar-refractivity contribution in [3.63, 3.8) is 0 Å². The molecule has 6 rings (SSSR count). The number of nitrogens with one attached hydrogen (secondary N) is 1. The fourth-order valence-electron chi connectivity index (χ4n) is 5.25. The van der Waals surface area contributed by atoms with Crippen LogP contribution in [0.5, 0.6) is 0 Å². The summed E-state index contributed by atoms with van der Waals surface area (Å²) in [5.41, 5.74) is -0.588. The van der Waals surface area contributed by atoms with E-state index in [9.17, 15) is 18.0 Å². The van der Waals surface area contributed by atoms with Gasteiger partial charge in [-0.15, -0.1) is 0 Å². The number of aromatic nitrogens is 3. The van der Waals surface area contributed by atoms with Gasteiger partial charge in [-0.1, -0.05) is 6.42 Å². The predicted octanol–water partition coefficient (Wildman–Crippen LogP) is 3.47. The van der Waals surface area contributed by atoms with Crippen LogP contribution in [0.3, 0.4) is 0 Å². The number of rotatable bonds is 5. The number of halogens is 3. The minimum atomic E-state index is -4.82. The molecule has 0 radical (unpaired) electrons. The highest BCUT2D eigenvalue weighted by Crippen LogP contribution is 2.56. The van der Waals surface area contributed by atoms with Crippen LogP contribution in [0.1, 0.15) is 52.6 Å². The molecular weight excluding hydrogens is 469 g/mol. The van der Waals surface area contributed by atoms with E-state index in [0.717, 1.165) is 24.8 Å². The maximum Gasteiger partial charge on any atom is 0.420 e. The molecule has 1 amide bonds. The van der Waals surface area contributed by atoms with E-state index in [4.69, 9.17) is 18.3 Å². The minimum absolute atomic E-state index is 0.147. The highest BCUT2D eigenvalue weighted by atomic mass is 19.4. The molecule has 0 aromatic carbocycles. The number of nitrogens with zero attached hydrogens (tertiary/aromatic N) is 3. The Morgan fingerprint density at radius 1 is 1.29 bits per heavy atom. The molecule has 4 heterocycles. The van der Waals surface area contributed by atoms with Crippen molar-refractivity contribution in [1.29, 1.82) is 0 Å². The maximum absolute atomic E-state index is 14.4. The third kappa shape index (κ3) is 3.84. The molecule has 1 spiro atoms. The van der Waals surface area contributed by atoms with E-state index in [0.29, 0.717) is 32.8 Å². The fourth-order valence-corrected chi connectivity index (χ4v) is 5.25. The van der Waals surface area contributed by atoms with E-state index in [1.165, 1.54) is 12.5 Å². The van der Waals surface area contributed by atoms with Gasteiger partial charge >= 0.3 is 6.18 Å². The second-order valence-electron chi connectivity index (χ2n) is 9.20. The first-order valence-corrected chi connectivity index (χ1v) is 11.5. The molecule has 1 saturated carbocycles. The number of carbonyl (C=O) groups excluding carboxylic acids is 1. The van der Waals surface area contributed by atoms with E-state index < -0.39 is 23.4 Å². The molecule has 1 N–H and O–H groups in total. The molecule has 1 unspecified atom stereocenters. The number of alkyl halides is 3. The van der Waals surface area contributed by atoms with Crippen LogP contribution in [0.25, 0.3) is 11.3 Å². The second-order valence-corrected chi connectivity index (χ2v) is 9.20. The van der Waals surface area contributed by atoms with Crippen LogP contribution in [-0.4, -0.2) is 46.6 Å². The van der Waals surface area contributed by atoms with Gasteiger partial charge in [0.2, 0.25) is 11.7 Å². The minimum Gasteiger partial charge on any atom is -0.454 e. The molecule has 3 aromatic heterocycles. The SMILES string of the molecule is O=C(NCc1ncco1)c1oc2c(c1C(F)(F)F)-c1nn(CC3COCCO3)cc1C1(CCC1)C2.